The van der Waals surface area contributed by atoms with Gasteiger partial charge in [-0.1, -0.05) is 38.8 Å². The maximum atomic E-state index is 12.8. The van der Waals surface area contributed by atoms with Gasteiger partial charge in [-0.15, -0.1) is 0 Å². The summed E-state index contributed by atoms with van der Waals surface area (Å²) in [5.74, 6) is 0.363. The van der Waals surface area contributed by atoms with Crippen molar-refractivity contribution in [2.75, 3.05) is 13.1 Å². The van der Waals surface area contributed by atoms with Crippen molar-refractivity contribution >= 4 is 0 Å². The fraction of sp³-hybridized carbons (Fsp3) is 0.571. The van der Waals surface area contributed by atoms with Crippen LogP contribution in [0.5, 0.6) is 0 Å². The first-order chi connectivity index (χ1) is 7.77. The summed E-state index contributed by atoms with van der Waals surface area (Å²) in [6.07, 6.45) is 3.62. The average molecular weight is 223 g/mol. The molecule has 0 spiro atoms. The Morgan fingerprint density at radius 2 is 1.88 bits per heavy atom. The van der Waals surface area contributed by atoms with Crippen LogP contribution in [-0.2, 0) is 0 Å². The molecular formula is C14H22FN. The van der Waals surface area contributed by atoms with E-state index in [4.69, 9.17) is 0 Å². The molecule has 2 heteroatoms. The number of benzene rings is 1. The highest BCUT2D eigenvalue weighted by Crippen LogP contribution is 2.21. The van der Waals surface area contributed by atoms with Crippen molar-refractivity contribution in [1.82, 2.24) is 5.32 Å². The van der Waals surface area contributed by atoms with Crippen LogP contribution in [0, 0.1) is 5.82 Å². The van der Waals surface area contributed by atoms with Crippen LogP contribution in [0.2, 0.25) is 0 Å². The molecular weight excluding hydrogens is 201 g/mol. The van der Waals surface area contributed by atoms with E-state index in [-0.39, 0.29) is 5.82 Å². The largest absolute Gasteiger partial charge is 0.316 e. The quantitative estimate of drug-likeness (QED) is 0.743. The minimum atomic E-state index is -0.151. The lowest BCUT2D eigenvalue weighted by atomic mass is 9.93. The third-order valence-electron chi connectivity index (χ3n) is 2.89. The number of rotatable bonds is 7. The second-order valence-electron chi connectivity index (χ2n) is 4.20. The Kier molecular flexibility index (Phi) is 6.09. The van der Waals surface area contributed by atoms with E-state index < -0.39 is 0 Å². The fourth-order valence-electron chi connectivity index (χ4n) is 1.89. The Balaban J connectivity index is 2.62. The summed E-state index contributed by atoms with van der Waals surface area (Å²) < 4.78 is 12.8. The highest BCUT2D eigenvalue weighted by molar-refractivity contribution is 5.20. The van der Waals surface area contributed by atoms with E-state index in [1.807, 2.05) is 12.1 Å². The monoisotopic (exact) mass is 223 g/mol. The molecule has 0 bridgehead atoms. The average Bonchev–Trinajstić information content (AvgIpc) is 2.31. The number of nitrogens with one attached hydrogen (secondary N) is 1. The highest BCUT2D eigenvalue weighted by Gasteiger charge is 2.10. The van der Waals surface area contributed by atoms with Gasteiger partial charge in [-0.25, -0.2) is 4.39 Å². The highest BCUT2D eigenvalue weighted by atomic mass is 19.1. The standard InChI is InChI=1S/C14H22FN/c1-3-5-6-13(11-16-4-2)12-7-9-14(15)10-8-12/h7-10,13,16H,3-6,11H2,1-2H3. The summed E-state index contributed by atoms with van der Waals surface area (Å²) in [7, 11) is 0. The van der Waals surface area contributed by atoms with Crippen LogP contribution in [0.3, 0.4) is 0 Å². The van der Waals surface area contributed by atoms with E-state index >= 15 is 0 Å². The zero-order valence-corrected chi connectivity index (χ0v) is 10.3. The van der Waals surface area contributed by atoms with Crippen LogP contribution in [0.4, 0.5) is 4.39 Å². The van der Waals surface area contributed by atoms with Crippen molar-refractivity contribution in [3.8, 4) is 0 Å². The molecule has 1 unspecified atom stereocenters. The van der Waals surface area contributed by atoms with Crippen molar-refractivity contribution in [3.63, 3.8) is 0 Å². The van der Waals surface area contributed by atoms with E-state index in [1.165, 1.54) is 24.8 Å². The third-order valence-corrected chi connectivity index (χ3v) is 2.89. The SMILES string of the molecule is CCCCC(CNCC)c1ccc(F)cc1. The lowest BCUT2D eigenvalue weighted by Crippen LogP contribution is -2.21. The van der Waals surface area contributed by atoms with E-state index in [0.717, 1.165) is 13.1 Å². The maximum Gasteiger partial charge on any atom is 0.123 e. The lowest BCUT2D eigenvalue weighted by molar-refractivity contribution is 0.537. The molecule has 0 saturated carbocycles. The summed E-state index contributed by atoms with van der Waals surface area (Å²) in [6.45, 7) is 6.29. The summed E-state index contributed by atoms with van der Waals surface area (Å²) in [5.41, 5.74) is 1.25. The van der Waals surface area contributed by atoms with Crippen molar-refractivity contribution in [1.29, 1.82) is 0 Å². The van der Waals surface area contributed by atoms with Gasteiger partial charge in [-0.05, 0) is 36.6 Å². The van der Waals surface area contributed by atoms with Crippen LogP contribution in [0.1, 0.15) is 44.6 Å². The first-order valence-corrected chi connectivity index (χ1v) is 6.24. The van der Waals surface area contributed by atoms with E-state index in [0.29, 0.717) is 5.92 Å². The van der Waals surface area contributed by atoms with Gasteiger partial charge < -0.3 is 5.32 Å². The molecule has 1 aromatic rings. The maximum absolute atomic E-state index is 12.8. The van der Waals surface area contributed by atoms with Gasteiger partial charge >= 0.3 is 0 Å². The van der Waals surface area contributed by atoms with E-state index in [9.17, 15) is 4.39 Å². The molecule has 1 rings (SSSR count). The van der Waals surface area contributed by atoms with Gasteiger partial charge in [-0.3, -0.25) is 0 Å². The lowest BCUT2D eigenvalue weighted by Gasteiger charge is -2.17. The molecule has 0 heterocycles. The number of hydrogen-bond acceptors (Lipinski definition) is 1. The molecule has 1 N–H and O–H groups in total. The second-order valence-corrected chi connectivity index (χ2v) is 4.20. The van der Waals surface area contributed by atoms with E-state index in [1.54, 1.807) is 12.1 Å². The molecule has 0 amide bonds. The van der Waals surface area contributed by atoms with Crippen LogP contribution in [0.25, 0.3) is 0 Å². The number of halogens is 1. The van der Waals surface area contributed by atoms with Crippen LogP contribution in [0.15, 0.2) is 24.3 Å². The second kappa shape index (κ2) is 7.39. The zero-order valence-electron chi connectivity index (χ0n) is 10.3. The molecule has 0 saturated heterocycles. The van der Waals surface area contributed by atoms with Crippen LogP contribution >= 0.6 is 0 Å². The van der Waals surface area contributed by atoms with Crippen molar-refractivity contribution < 1.29 is 4.39 Å². The Morgan fingerprint density at radius 1 is 1.19 bits per heavy atom. The normalized spacial score (nSPS) is 12.7. The van der Waals surface area contributed by atoms with Crippen molar-refractivity contribution in [2.45, 2.75) is 39.0 Å². The van der Waals surface area contributed by atoms with Gasteiger partial charge in [0.15, 0.2) is 0 Å². The molecule has 0 radical (unpaired) electrons. The number of hydrogen-bond donors (Lipinski definition) is 1. The predicted molar refractivity (Wildman–Crippen MR) is 67.2 cm³/mol. The molecule has 0 aliphatic rings. The van der Waals surface area contributed by atoms with E-state index in [2.05, 4.69) is 19.2 Å². The molecule has 1 atom stereocenters. The number of likely N-dealkylation sites (N-methyl/N-ethyl adjacent to an activating group) is 1. The van der Waals surface area contributed by atoms with Gasteiger partial charge in [-0.2, -0.15) is 0 Å². The Hall–Kier alpha value is -0.890. The van der Waals surface area contributed by atoms with Crippen molar-refractivity contribution in [3.05, 3.63) is 35.6 Å². The van der Waals surface area contributed by atoms with Gasteiger partial charge in [0.2, 0.25) is 0 Å². The fourth-order valence-corrected chi connectivity index (χ4v) is 1.89. The van der Waals surface area contributed by atoms with Crippen LogP contribution < -0.4 is 5.32 Å². The first kappa shape index (κ1) is 13.2. The molecule has 1 nitrogen and oxygen atoms in total. The Bertz CT molecular complexity index is 273. The minimum Gasteiger partial charge on any atom is -0.316 e. The Morgan fingerprint density at radius 3 is 2.44 bits per heavy atom. The van der Waals surface area contributed by atoms with Crippen molar-refractivity contribution in [2.24, 2.45) is 0 Å². The van der Waals surface area contributed by atoms with Gasteiger partial charge in [0.05, 0.1) is 0 Å². The molecule has 90 valence electrons. The van der Waals surface area contributed by atoms with Gasteiger partial charge in [0.25, 0.3) is 0 Å². The molecule has 0 fully saturated rings. The molecule has 0 aromatic heterocycles. The molecule has 0 aliphatic heterocycles. The molecule has 0 aliphatic carbocycles. The minimum absolute atomic E-state index is 0.151. The predicted octanol–water partition coefficient (Wildman–Crippen LogP) is 3.71. The van der Waals surface area contributed by atoms with Gasteiger partial charge in [0.1, 0.15) is 5.82 Å². The molecule has 16 heavy (non-hydrogen) atoms. The smallest absolute Gasteiger partial charge is 0.123 e. The Labute approximate surface area is 98.1 Å². The summed E-state index contributed by atoms with van der Waals surface area (Å²) in [6, 6.07) is 6.93. The first-order valence-electron chi connectivity index (χ1n) is 6.24. The summed E-state index contributed by atoms with van der Waals surface area (Å²) in [5, 5.41) is 3.38. The molecule has 1 aromatic carbocycles. The summed E-state index contributed by atoms with van der Waals surface area (Å²) >= 11 is 0. The number of unbranched alkanes of at least 4 members (excludes halogenated alkanes) is 1. The zero-order chi connectivity index (χ0) is 11.8. The van der Waals surface area contributed by atoms with Gasteiger partial charge in [0, 0.05) is 6.54 Å². The van der Waals surface area contributed by atoms with Crippen LogP contribution in [-0.4, -0.2) is 13.1 Å². The third kappa shape index (κ3) is 4.31. The topological polar surface area (TPSA) is 12.0 Å². The summed E-state index contributed by atoms with van der Waals surface area (Å²) in [4.78, 5) is 0.